The molecule has 0 bridgehead atoms. The normalized spacial score (nSPS) is 18.9. The van der Waals surface area contributed by atoms with Gasteiger partial charge in [-0.2, -0.15) is 0 Å². The molecule has 0 N–H and O–H groups in total. The van der Waals surface area contributed by atoms with Crippen molar-refractivity contribution in [3.63, 3.8) is 0 Å². The first-order chi connectivity index (χ1) is 8.27. The molecule has 0 spiro atoms. The highest BCUT2D eigenvalue weighted by molar-refractivity contribution is 5.65. The molecule has 17 heavy (non-hydrogen) atoms. The van der Waals surface area contributed by atoms with E-state index in [2.05, 4.69) is 4.74 Å². The summed E-state index contributed by atoms with van der Waals surface area (Å²) in [6.07, 6.45) is 18.0. The summed E-state index contributed by atoms with van der Waals surface area (Å²) in [6.45, 7) is 1.36. The van der Waals surface area contributed by atoms with Crippen LogP contribution in [-0.4, -0.2) is 13.1 Å². The van der Waals surface area contributed by atoms with Gasteiger partial charge in [0, 0.05) is 6.92 Å². The third-order valence-corrected chi connectivity index (χ3v) is 3.29. The highest BCUT2D eigenvalue weighted by atomic mass is 16.5. The Kier molecular flexibility index (Phi) is 13.1. The van der Waals surface area contributed by atoms with Crippen molar-refractivity contribution in [3.8, 4) is 0 Å². The maximum atomic E-state index is 9.59. The minimum atomic E-state index is -0.245. The summed E-state index contributed by atoms with van der Waals surface area (Å²) in [6, 6.07) is 0. The Morgan fingerprint density at radius 3 is 0.824 bits per heavy atom. The number of carbonyl (C=O) groups excluding carboxylic acids is 1. The molecule has 2 saturated carbocycles. The van der Waals surface area contributed by atoms with Crippen LogP contribution in [0, 0.1) is 0 Å². The fraction of sp³-hybridized carbons (Fsp3) is 0.933. The van der Waals surface area contributed by atoms with E-state index in [9.17, 15) is 4.79 Å². The van der Waals surface area contributed by atoms with Crippen LogP contribution in [0.15, 0.2) is 0 Å². The first-order valence-electron chi connectivity index (χ1n) is 7.32. The van der Waals surface area contributed by atoms with Crippen LogP contribution in [0.25, 0.3) is 0 Å². The zero-order valence-corrected chi connectivity index (χ0v) is 11.8. The Morgan fingerprint density at radius 2 is 0.765 bits per heavy atom. The Bertz CT molecular complexity index is 123. The van der Waals surface area contributed by atoms with E-state index in [4.69, 9.17) is 0 Å². The minimum absolute atomic E-state index is 0.245. The van der Waals surface area contributed by atoms with E-state index >= 15 is 0 Å². The van der Waals surface area contributed by atoms with E-state index in [1.165, 1.54) is 91.1 Å². The van der Waals surface area contributed by atoms with Gasteiger partial charge in [0.1, 0.15) is 0 Å². The van der Waals surface area contributed by atoms with Crippen LogP contribution in [0.5, 0.6) is 0 Å². The van der Waals surface area contributed by atoms with Crippen LogP contribution in [0.3, 0.4) is 0 Å². The highest BCUT2D eigenvalue weighted by Gasteiger charge is 1.96. The summed E-state index contributed by atoms with van der Waals surface area (Å²) in [5, 5.41) is 0. The average molecular weight is 242 g/mol. The largest absolute Gasteiger partial charge is 0.469 e. The molecule has 0 atom stereocenters. The van der Waals surface area contributed by atoms with Crippen molar-refractivity contribution in [3.05, 3.63) is 0 Å². The van der Waals surface area contributed by atoms with Gasteiger partial charge in [-0.05, 0) is 0 Å². The molecular weight excluding hydrogens is 212 g/mol. The fourth-order valence-electron chi connectivity index (χ4n) is 2.12. The van der Waals surface area contributed by atoms with Gasteiger partial charge in [-0.25, -0.2) is 0 Å². The van der Waals surface area contributed by atoms with Gasteiger partial charge in [-0.1, -0.05) is 77.0 Å². The van der Waals surface area contributed by atoms with Gasteiger partial charge >= 0.3 is 5.97 Å². The molecule has 0 aromatic rings. The number of rotatable bonds is 0. The Balaban J connectivity index is 0.000000228. The lowest BCUT2D eigenvalue weighted by Crippen LogP contribution is -1.88. The summed E-state index contributed by atoms with van der Waals surface area (Å²) >= 11 is 0. The molecule has 2 aliphatic carbocycles. The Hall–Kier alpha value is -0.530. The van der Waals surface area contributed by atoms with Gasteiger partial charge in [0.05, 0.1) is 7.11 Å². The zero-order chi connectivity index (χ0) is 12.8. The summed E-state index contributed by atoms with van der Waals surface area (Å²) in [7, 11) is 1.35. The number of esters is 1. The summed E-state index contributed by atoms with van der Waals surface area (Å²) in [5.74, 6) is -0.245. The second-order valence-corrected chi connectivity index (χ2v) is 4.94. The van der Waals surface area contributed by atoms with Crippen LogP contribution in [-0.2, 0) is 9.53 Å². The predicted octanol–water partition coefficient (Wildman–Crippen LogP) is 4.86. The van der Waals surface area contributed by atoms with Crippen LogP contribution in [0.2, 0.25) is 0 Å². The number of carbonyl (C=O) groups is 1. The van der Waals surface area contributed by atoms with E-state index in [0.29, 0.717) is 0 Å². The lowest BCUT2D eigenvalue weighted by Gasteiger charge is -2.05. The maximum Gasteiger partial charge on any atom is 0.302 e. The topological polar surface area (TPSA) is 26.3 Å². The van der Waals surface area contributed by atoms with Crippen LogP contribution >= 0.6 is 0 Å². The SMILES string of the molecule is C1CCCCC1.C1CCCCC1.COC(C)=O. The lowest BCUT2D eigenvalue weighted by molar-refractivity contribution is -0.137. The van der Waals surface area contributed by atoms with Crippen molar-refractivity contribution in [2.45, 2.75) is 84.0 Å². The summed E-state index contributed by atoms with van der Waals surface area (Å²) in [4.78, 5) is 9.59. The minimum Gasteiger partial charge on any atom is -0.469 e. The third-order valence-electron chi connectivity index (χ3n) is 3.29. The van der Waals surface area contributed by atoms with Gasteiger partial charge < -0.3 is 4.74 Å². The second kappa shape index (κ2) is 13.5. The molecule has 0 aliphatic heterocycles. The van der Waals surface area contributed by atoms with Crippen molar-refractivity contribution >= 4 is 5.97 Å². The predicted molar refractivity (Wildman–Crippen MR) is 73.1 cm³/mol. The molecule has 2 heteroatoms. The molecule has 2 nitrogen and oxygen atoms in total. The summed E-state index contributed by atoms with van der Waals surface area (Å²) in [5.41, 5.74) is 0. The quantitative estimate of drug-likeness (QED) is 0.567. The van der Waals surface area contributed by atoms with Crippen molar-refractivity contribution < 1.29 is 9.53 Å². The van der Waals surface area contributed by atoms with Gasteiger partial charge in [0.25, 0.3) is 0 Å². The Labute approximate surface area is 107 Å². The summed E-state index contributed by atoms with van der Waals surface area (Å²) < 4.78 is 4.11. The third kappa shape index (κ3) is 15.5. The number of methoxy groups -OCH3 is 1. The molecule has 0 aromatic carbocycles. The molecule has 0 saturated heterocycles. The fourth-order valence-corrected chi connectivity index (χ4v) is 2.12. The van der Waals surface area contributed by atoms with Crippen molar-refractivity contribution in [2.75, 3.05) is 7.11 Å². The smallest absolute Gasteiger partial charge is 0.302 e. The highest BCUT2D eigenvalue weighted by Crippen LogP contribution is 2.15. The monoisotopic (exact) mass is 242 g/mol. The first kappa shape index (κ1) is 16.5. The average Bonchev–Trinajstić information content (AvgIpc) is 2.44. The van der Waals surface area contributed by atoms with Crippen molar-refractivity contribution in [1.82, 2.24) is 0 Å². The van der Waals surface area contributed by atoms with Crippen molar-refractivity contribution in [1.29, 1.82) is 0 Å². The molecule has 2 rings (SSSR count). The Morgan fingerprint density at radius 1 is 0.647 bits per heavy atom. The molecule has 102 valence electrons. The van der Waals surface area contributed by atoms with E-state index in [1.54, 1.807) is 0 Å². The van der Waals surface area contributed by atoms with E-state index in [0.717, 1.165) is 0 Å². The molecule has 0 aromatic heterocycles. The molecule has 2 aliphatic rings. The zero-order valence-electron chi connectivity index (χ0n) is 11.8. The van der Waals surface area contributed by atoms with Crippen LogP contribution < -0.4 is 0 Å². The standard InChI is InChI=1S/2C6H12.C3H6O2/c2*1-2-4-6-5-3-1;1-3(4)5-2/h2*1-6H2;1-2H3. The molecule has 0 unspecified atom stereocenters. The van der Waals surface area contributed by atoms with Gasteiger partial charge in [0.15, 0.2) is 0 Å². The molecule has 0 amide bonds. The van der Waals surface area contributed by atoms with Gasteiger partial charge in [-0.3, -0.25) is 4.79 Å². The van der Waals surface area contributed by atoms with Crippen molar-refractivity contribution in [2.24, 2.45) is 0 Å². The van der Waals surface area contributed by atoms with Gasteiger partial charge in [-0.15, -0.1) is 0 Å². The van der Waals surface area contributed by atoms with E-state index in [-0.39, 0.29) is 5.97 Å². The molecule has 2 fully saturated rings. The lowest BCUT2D eigenvalue weighted by atomic mass is 10.0. The second-order valence-electron chi connectivity index (χ2n) is 4.94. The number of hydrogen-bond donors (Lipinski definition) is 0. The molecule has 0 heterocycles. The molecular formula is C15H30O2. The number of hydrogen-bond acceptors (Lipinski definition) is 2. The van der Waals surface area contributed by atoms with Crippen LogP contribution in [0.4, 0.5) is 0 Å². The number of ether oxygens (including phenoxy) is 1. The van der Waals surface area contributed by atoms with Crippen LogP contribution in [0.1, 0.15) is 84.0 Å². The van der Waals surface area contributed by atoms with E-state index in [1.807, 2.05) is 0 Å². The van der Waals surface area contributed by atoms with E-state index < -0.39 is 0 Å². The first-order valence-corrected chi connectivity index (χ1v) is 7.32. The maximum absolute atomic E-state index is 9.59. The van der Waals surface area contributed by atoms with Gasteiger partial charge in [0.2, 0.25) is 0 Å². The molecule has 0 radical (unpaired) electrons.